The van der Waals surface area contributed by atoms with Gasteiger partial charge in [0.05, 0.1) is 10.7 Å². The van der Waals surface area contributed by atoms with Gasteiger partial charge in [-0.2, -0.15) is 0 Å². The van der Waals surface area contributed by atoms with Gasteiger partial charge in [0, 0.05) is 11.1 Å². The number of benzene rings is 1. The Morgan fingerprint density at radius 1 is 1.05 bits per heavy atom. The molecule has 0 saturated carbocycles. The standard InChI is InChI=1S/C17H17NO2S/c1-17(2,3)9-8-12-18-13-10-6-4-5-7-11(10)14(19)15(20)16(13)21-12/h4-7H,8-9H2,1-3H3. The predicted octanol–water partition coefficient (Wildman–Crippen LogP) is 4.17. The number of hydrogen-bond acceptors (Lipinski definition) is 4. The highest BCUT2D eigenvalue weighted by atomic mass is 32.1. The van der Waals surface area contributed by atoms with Crippen molar-refractivity contribution >= 4 is 22.9 Å². The van der Waals surface area contributed by atoms with Gasteiger partial charge in [0.25, 0.3) is 0 Å². The van der Waals surface area contributed by atoms with Crippen LogP contribution >= 0.6 is 11.3 Å². The summed E-state index contributed by atoms with van der Waals surface area (Å²) in [4.78, 5) is 29.5. The second kappa shape index (κ2) is 4.88. The van der Waals surface area contributed by atoms with E-state index in [4.69, 9.17) is 0 Å². The molecule has 0 saturated heterocycles. The van der Waals surface area contributed by atoms with Crippen molar-refractivity contribution in [1.29, 1.82) is 0 Å². The third-order valence-corrected chi connectivity index (χ3v) is 4.71. The normalized spacial score (nSPS) is 14.0. The molecule has 21 heavy (non-hydrogen) atoms. The molecule has 1 aliphatic rings. The number of rotatable bonds is 2. The SMILES string of the molecule is CC(C)(C)CCc1nc2c(s1)C(=O)C(=O)c1ccccc1-2. The van der Waals surface area contributed by atoms with Crippen molar-refractivity contribution in [2.24, 2.45) is 5.41 Å². The molecule has 0 atom stereocenters. The zero-order chi connectivity index (χ0) is 15.2. The second-order valence-corrected chi connectivity index (χ2v) is 7.63. The van der Waals surface area contributed by atoms with Gasteiger partial charge in [0.2, 0.25) is 11.6 Å². The molecule has 1 aliphatic carbocycles. The first kappa shape index (κ1) is 14.1. The van der Waals surface area contributed by atoms with Crippen LogP contribution in [0.3, 0.4) is 0 Å². The molecule has 0 amide bonds. The zero-order valence-electron chi connectivity index (χ0n) is 12.4. The average molecular weight is 299 g/mol. The molecular weight excluding hydrogens is 282 g/mol. The first-order chi connectivity index (χ1) is 9.87. The lowest BCUT2D eigenvalue weighted by atomic mass is 9.90. The maximum absolute atomic E-state index is 12.2. The minimum Gasteiger partial charge on any atom is -0.285 e. The Morgan fingerprint density at radius 3 is 2.38 bits per heavy atom. The Kier molecular flexibility index (Phi) is 3.29. The van der Waals surface area contributed by atoms with Crippen molar-refractivity contribution in [2.45, 2.75) is 33.6 Å². The molecule has 3 rings (SSSR count). The van der Waals surface area contributed by atoms with Crippen molar-refractivity contribution in [1.82, 2.24) is 4.98 Å². The number of Topliss-reactive ketones (excluding diaryl/α,β-unsaturated/α-hetero) is 2. The highest BCUT2D eigenvalue weighted by molar-refractivity contribution is 7.15. The monoisotopic (exact) mass is 299 g/mol. The summed E-state index contributed by atoms with van der Waals surface area (Å²) in [6.45, 7) is 6.56. The van der Waals surface area contributed by atoms with Crippen molar-refractivity contribution in [3.05, 3.63) is 39.7 Å². The van der Waals surface area contributed by atoms with Gasteiger partial charge in [0.1, 0.15) is 4.88 Å². The molecule has 0 spiro atoms. The van der Waals surface area contributed by atoms with E-state index in [1.54, 1.807) is 12.1 Å². The summed E-state index contributed by atoms with van der Waals surface area (Å²) in [7, 11) is 0. The molecule has 2 aromatic rings. The minimum atomic E-state index is -0.414. The third kappa shape index (κ3) is 2.56. The van der Waals surface area contributed by atoms with Gasteiger partial charge in [0.15, 0.2) is 0 Å². The van der Waals surface area contributed by atoms with Crippen molar-refractivity contribution in [3.63, 3.8) is 0 Å². The highest BCUT2D eigenvalue weighted by Gasteiger charge is 2.33. The Balaban J connectivity index is 2.03. The molecule has 0 radical (unpaired) electrons. The predicted molar refractivity (Wildman–Crippen MR) is 84.0 cm³/mol. The topological polar surface area (TPSA) is 47.0 Å². The first-order valence-corrected chi connectivity index (χ1v) is 7.86. The molecule has 1 heterocycles. The molecule has 1 aromatic heterocycles. The summed E-state index contributed by atoms with van der Waals surface area (Å²) in [5, 5.41) is 0.938. The van der Waals surface area contributed by atoms with Crippen molar-refractivity contribution in [2.75, 3.05) is 0 Å². The van der Waals surface area contributed by atoms with Gasteiger partial charge in [-0.25, -0.2) is 4.98 Å². The fraction of sp³-hybridized carbons (Fsp3) is 0.353. The van der Waals surface area contributed by atoms with Crippen LogP contribution in [-0.2, 0) is 6.42 Å². The van der Waals surface area contributed by atoms with Crippen molar-refractivity contribution < 1.29 is 9.59 Å². The third-order valence-electron chi connectivity index (χ3n) is 3.60. The van der Waals surface area contributed by atoms with Gasteiger partial charge in [-0.1, -0.05) is 45.0 Å². The van der Waals surface area contributed by atoms with E-state index in [1.807, 2.05) is 12.1 Å². The summed E-state index contributed by atoms with van der Waals surface area (Å²) >= 11 is 1.37. The lowest BCUT2D eigenvalue weighted by Gasteiger charge is -2.16. The van der Waals surface area contributed by atoms with Crippen LogP contribution in [-0.4, -0.2) is 16.6 Å². The van der Waals surface area contributed by atoms with Crippen LogP contribution in [0.15, 0.2) is 24.3 Å². The smallest absolute Gasteiger partial charge is 0.245 e. The molecule has 0 aliphatic heterocycles. The quantitative estimate of drug-likeness (QED) is 0.782. The largest absolute Gasteiger partial charge is 0.285 e. The van der Waals surface area contributed by atoms with E-state index >= 15 is 0 Å². The zero-order valence-corrected chi connectivity index (χ0v) is 13.2. The number of hydrogen-bond donors (Lipinski definition) is 0. The molecule has 3 nitrogen and oxygen atoms in total. The van der Waals surface area contributed by atoms with E-state index in [2.05, 4.69) is 25.8 Å². The van der Waals surface area contributed by atoms with Crippen molar-refractivity contribution in [3.8, 4) is 11.3 Å². The molecular formula is C17H17NO2S. The van der Waals surface area contributed by atoms with Crippen LogP contribution in [0.25, 0.3) is 11.3 Å². The Morgan fingerprint density at radius 2 is 1.71 bits per heavy atom. The fourth-order valence-corrected chi connectivity index (χ4v) is 3.42. The molecule has 0 unspecified atom stereocenters. The second-order valence-electron chi connectivity index (χ2n) is 6.55. The highest BCUT2D eigenvalue weighted by Crippen LogP contribution is 2.37. The summed E-state index contributed by atoms with van der Waals surface area (Å²) < 4.78 is 0. The Hall–Kier alpha value is -1.81. The number of carbonyl (C=O) groups excluding carboxylic acids is 2. The molecule has 0 fully saturated rings. The van der Waals surface area contributed by atoms with Crippen LogP contribution in [0.2, 0.25) is 0 Å². The van der Waals surface area contributed by atoms with E-state index in [9.17, 15) is 9.59 Å². The van der Waals surface area contributed by atoms with Crippen LogP contribution in [0, 0.1) is 5.41 Å². The first-order valence-electron chi connectivity index (χ1n) is 7.05. The molecule has 0 N–H and O–H groups in total. The number of aromatic nitrogens is 1. The number of aryl methyl sites for hydroxylation is 1. The van der Waals surface area contributed by atoms with Gasteiger partial charge in [-0.05, 0) is 18.3 Å². The maximum atomic E-state index is 12.2. The van der Waals surface area contributed by atoms with Crippen LogP contribution < -0.4 is 0 Å². The Bertz CT molecular complexity index is 737. The summed E-state index contributed by atoms with van der Waals surface area (Å²) in [5.74, 6) is -0.827. The summed E-state index contributed by atoms with van der Waals surface area (Å²) in [5.41, 5.74) is 2.17. The van der Waals surface area contributed by atoms with Gasteiger partial charge in [-0.15, -0.1) is 11.3 Å². The minimum absolute atomic E-state index is 0.226. The number of nitrogens with zero attached hydrogens (tertiary/aromatic N) is 1. The van der Waals surface area contributed by atoms with E-state index in [0.717, 1.165) is 23.4 Å². The van der Waals surface area contributed by atoms with E-state index in [-0.39, 0.29) is 5.41 Å². The van der Waals surface area contributed by atoms with E-state index in [0.29, 0.717) is 16.1 Å². The lowest BCUT2D eigenvalue weighted by molar-refractivity contribution is 0.0817. The van der Waals surface area contributed by atoms with Gasteiger partial charge >= 0.3 is 0 Å². The van der Waals surface area contributed by atoms with Gasteiger partial charge < -0.3 is 0 Å². The molecule has 4 heteroatoms. The van der Waals surface area contributed by atoms with Crippen LogP contribution in [0.5, 0.6) is 0 Å². The lowest BCUT2D eigenvalue weighted by Crippen LogP contribution is -2.19. The number of thiazole rings is 1. The summed E-state index contributed by atoms with van der Waals surface area (Å²) in [6.07, 6.45) is 1.84. The number of fused-ring (bicyclic) bond motifs is 3. The fourth-order valence-electron chi connectivity index (χ4n) is 2.40. The molecule has 108 valence electrons. The maximum Gasteiger partial charge on any atom is 0.245 e. The van der Waals surface area contributed by atoms with Gasteiger partial charge in [-0.3, -0.25) is 9.59 Å². The van der Waals surface area contributed by atoms with E-state index < -0.39 is 11.6 Å². The van der Waals surface area contributed by atoms with Crippen LogP contribution in [0.1, 0.15) is 52.2 Å². The van der Waals surface area contributed by atoms with E-state index in [1.165, 1.54) is 11.3 Å². The number of carbonyl (C=O) groups is 2. The Labute approximate surface area is 128 Å². The van der Waals surface area contributed by atoms with Crippen LogP contribution in [0.4, 0.5) is 0 Å². The summed E-state index contributed by atoms with van der Waals surface area (Å²) in [6, 6.07) is 7.22. The molecule has 0 bridgehead atoms. The molecule has 1 aromatic carbocycles. The average Bonchev–Trinajstić information content (AvgIpc) is 2.86. The number of ketones is 2.